The second-order valence-corrected chi connectivity index (χ2v) is 5.56. The van der Waals surface area contributed by atoms with Gasteiger partial charge in [-0.15, -0.1) is 0 Å². The molecular formula is C18H19N5. The maximum absolute atomic E-state index is 7.38. The minimum atomic E-state index is 0.477. The van der Waals surface area contributed by atoms with Gasteiger partial charge in [0.05, 0.1) is 5.52 Å². The Labute approximate surface area is 135 Å². The third-order valence-corrected chi connectivity index (χ3v) is 3.61. The highest BCUT2D eigenvalue weighted by Gasteiger charge is 2.04. The predicted octanol–water partition coefficient (Wildman–Crippen LogP) is 3.56. The lowest BCUT2D eigenvalue weighted by Crippen LogP contribution is -1.92. The van der Waals surface area contributed by atoms with E-state index in [9.17, 15) is 0 Å². The molecular weight excluding hydrogens is 286 g/mol. The van der Waals surface area contributed by atoms with Gasteiger partial charge < -0.3 is 5.41 Å². The number of fused-ring (bicyclic) bond motifs is 1. The standard InChI is InChI=1S/C18H19N5/c1-3-13-8-15-9-14(5-6-16(15)20-11-13)10-18-21-17(22-23-18)7-4-12(2)19/h4-9,11,19H,3,10H2,1-2H3,(H,21,22,23)/b7-4-,19-12?. The summed E-state index contributed by atoms with van der Waals surface area (Å²) in [5, 5.41) is 15.6. The molecule has 23 heavy (non-hydrogen) atoms. The van der Waals surface area contributed by atoms with Crippen LogP contribution in [0.15, 0.2) is 36.5 Å². The lowest BCUT2D eigenvalue weighted by atomic mass is 10.1. The van der Waals surface area contributed by atoms with E-state index < -0.39 is 0 Å². The fourth-order valence-electron chi connectivity index (χ4n) is 2.39. The van der Waals surface area contributed by atoms with Crippen molar-refractivity contribution in [2.45, 2.75) is 26.7 Å². The molecule has 0 saturated heterocycles. The van der Waals surface area contributed by atoms with Crippen LogP contribution in [0.1, 0.15) is 36.6 Å². The summed E-state index contributed by atoms with van der Waals surface area (Å²) < 4.78 is 0. The molecule has 2 N–H and O–H groups in total. The van der Waals surface area contributed by atoms with Crippen molar-refractivity contribution in [3.05, 3.63) is 59.3 Å². The van der Waals surface area contributed by atoms with Gasteiger partial charge in [0, 0.05) is 23.7 Å². The van der Waals surface area contributed by atoms with Crippen LogP contribution in [0.2, 0.25) is 0 Å². The fraction of sp³-hybridized carbons (Fsp3) is 0.222. The van der Waals surface area contributed by atoms with Gasteiger partial charge in [-0.3, -0.25) is 10.1 Å². The first kappa shape index (κ1) is 15.1. The Kier molecular flexibility index (Phi) is 4.28. The molecule has 0 radical (unpaired) electrons. The monoisotopic (exact) mass is 305 g/mol. The Hall–Kier alpha value is -2.82. The molecule has 5 heteroatoms. The maximum Gasteiger partial charge on any atom is 0.173 e. The van der Waals surface area contributed by atoms with Crippen molar-refractivity contribution in [1.29, 1.82) is 5.41 Å². The molecule has 2 heterocycles. The van der Waals surface area contributed by atoms with E-state index in [2.05, 4.69) is 45.3 Å². The lowest BCUT2D eigenvalue weighted by Gasteiger charge is -2.03. The van der Waals surface area contributed by atoms with Crippen LogP contribution in [0, 0.1) is 5.41 Å². The summed E-state index contributed by atoms with van der Waals surface area (Å²) in [5.74, 6) is 1.41. The zero-order valence-electron chi connectivity index (χ0n) is 13.3. The summed E-state index contributed by atoms with van der Waals surface area (Å²) in [6, 6.07) is 8.45. The Morgan fingerprint density at radius 1 is 1.26 bits per heavy atom. The molecule has 2 aromatic heterocycles. The predicted molar refractivity (Wildman–Crippen MR) is 92.7 cm³/mol. The third kappa shape index (κ3) is 3.69. The van der Waals surface area contributed by atoms with Crippen LogP contribution < -0.4 is 0 Å². The molecule has 3 aromatic rings. The van der Waals surface area contributed by atoms with E-state index >= 15 is 0 Å². The minimum Gasteiger partial charge on any atom is -0.306 e. The average molecular weight is 305 g/mol. The van der Waals surface area contributed by atoms with Gasteiger partial charge in [0.2, 0.25) is 0 Å². The third-order valence-electron chi connectivity index (χ3n) is 3.61. The smallest absolute Gasteiger partial charge is 0.173 e. The highest BCUT2D eigenvalue weighted by Crippen LogP contribution is 2.17. The van der Waals surface area contributed by atoms with Crippen molar-refractivity contribution in [3.63, 3.8) is 0 Å². The Balaban J connectivity index is 1.82. The Morgan fingerprint density at radius 3 is 2.87 bits per heavy atom. The second kappa shape index (κ2) is 6.52. The fourth-order valence-corrected chi connectivity index (χ4v) is 2.39. The van der Waals surface area contributed by atoms with Gasteiger partial charge in [-0.2, -0.15) is 5.10 Å². The number of nitrogens with one attached hydrogen (secondary N) is 2. The van der Waals surface area contributed by atoms with Crippen molar-refractivity contribution in [2.24, 2.45) is 0 Å². The molecule has 116 valence electrons. The van der Waals surface area contributed by atoms with Gasteiger partial charge in [0.1, 0.15) is 5.82 Å². The first-order valence-electron chi connectivity index (χ1n) is 7.66. The molecule has 0 amide bonds. The van der Waals surface area contributed by atoms with E-state index in [1.54, 1.807) is 19.1 Å². The zero-order valence-corrected chi connectivity index (χ0v) is 13.3. The normalized spacial score (nSPS) is 11.4. The van der Waals surface area contributed by atoms with E-state index in [0.29, 0.717) is 18.0 Å². The number of aromatic nitrogens is 4. The highest BCUT2D eigenvalue weighted by atomic mass is 15.2. The second-order valence-electron chi connectivity index (χ2n) is 5.56. The van der Waals surface area contributed by atoms with Crippen LogP contribution in [-0.2, 0) is 12.8 Å². The molecule has 5 nitrogen and oxygen atoms in total. The maximum atomic E-state index is 7.38. The van der Waals surface area contributed by atoms with E-state index in [1.807, 2.05) is 12.3 Å². The quantitative estimate of drug-likeness (QED) is 0.707. The molecule has 1 aromatic carbocycles. The van der Waals surface area contributed by atoms with Crippen molar-refractivity contribution < 1.29 is 0 Å². The molecule has 0 bridgehead atoms. The first-order chi connectivity index (χ1) is 11.1. The number of benzene rings is 1. The van der Waals surface area contributed by atoms with Gasteiger partial charge in [-0.05, 0) is 54.8 Å². The van der Waals surface area contributed by atoms with E-state index in [0.717, 1.165) is 23.1 Å². The van der Waals surface area contributed by atoms with Gasteiger partial charge in [-0.1, -0.05) is 13.0 Å². The topological polar surface area (TPSA) is 78.3 Å². The van der Waals surface area contributed by atoms with Gasteiger partial charge >= 0.3 is 0 Å². The zero-order chi connectivity index (χ0) is 16.2. The van der Waals surface area contributed by atoms with E-state index in [1.165, 1.54) is 11.1 Å². The van der Waals surface area contributed by atoms with Crippen molar-refractivity contribution in [1.82, 2.24) is 20.2 Å². The molecule has 0 unspecified atom stereocenters. The first-order valence-corrected chi connectivity index (χ1v) is 7.66. The summed E-state index contributed by atoms with van der Waals surface area (Å²) in [6.45, 7) is 3.85. The number of hydrogen-bond donors (Lipinski definition) is 2. The van der Waals surface area contributed by atoms with E-state index in [-0.39, 0.29) is 0 Å². The van der Waals surface area contributed by atoms with Gasteiger partial charge in [0.25, 0.3) is 0 Å². The number of nitrogens with zero attached hydrogens (tertiary/aromatic N) is 3. The summed E-state index contributed by atoms with van der Waals surface area (Å²) in [4.78, 5) is 8.91. The summed E-state index contributed by atoms with van der Waals surface area (Å²) in [7, 11) is 0. The number of hydrogen-bond acceptors (Lipinski definition) is 4. The Morgan fingerprint density at radius 2 is 2.09 bits per heavy atom. The van der Waals surface area contributed by atoms with Crippen molar-refractivity contribution >= 4 is 22.7 Å². The Bertz CT molecular complexity index is 876. The summed E-state index contributed by atoms with van der Waals surface area (Å²) in [5.41, 5.74) is 3.89. The SMILES string of the molecule is CCc1cnc2ccc(Cc3nc(/C=C\C(C)=N)n[nH]3)cc2c1. The number of rotatable bonds is 5. The molecule has 0 aliphatic heterocycles. The molecule has 3 rings (SSSR count). The number of allylic oxidation sites excluding steroid dienone is 1. The van der Waals surface area contributed by atoms with Gasteiger partial charge in [0.15, 0.2) is 5.82 Å². The molecule has 0 atom stereocenters. The lowest BCUT2D eigenvalue weighted by molar-refractivity contribution is 0.973. The van der Waals surface area contributed by atoms with Crippen molar-refractivity contribution in [3.8, 4) is 0 Å². The van der Waals surface area contributed by atoms with Crippen LogP contribution in [0.5, 0.6) is 0 Å². The van der Waals surface area contributed by atoms with Crippen LogP contribution in [-0.4, -0.2) is 25.9 Å². The molecule has 0 fully saturated rings. The number of pyridine rings is 1. The van der Waals surface area contributed by atoms with Crippen LogP contribution in [0.4, 0.5) is 0 Å². The van der Waals surface area contributed by atoms with Crippen molar-refractivity contribution in [2.75, 3.05) is 0 Å². The van der Waals surface area contributed by atoms with Crippen LogP contribution in [0.25, 0.3) is 17.0 Å². The van der Waals surface area contributed by atoms with Crippen LogP contribution in [0.3, 0.4) is 0 Å². The molecule has 0 aliphatic rings. The van der Waals surface area contributed by atoms with Crippen LogP contribution >= 0.6 is 0 Å². The average Bonchev–Trinajstić information content (AvgIpc) is 2.99. The molecule has 0 saturated carbocycles. The van der Waals surface area contributed by atoms with Gasteiger partial charge in [-0.25, -0.2) is 4.98 Å². The summed E-state index contributed by atoms with van der Waals surface area (Å²) in [6.07, 6.45) is 7.03. The number of aryl methyl sites for hydroxylation is 1. The highest BCUT2D eigenvalue weighted by molar-refractivity contribution is 5.93. The van der Waals surface area contributed by atoms with E-state index in [4.69, 9.17) is 5.41 Å². The molecule has 0 spiro atoms. The minimum absolute atomic E-state index is 0.477. The summed E-state index contributed by atoms with van der Waals surface area (Å²) >= 11 is 0. The molecule has 0 aliphatic carbocycles. The number of H-pyrrole nitrogens is 1. The largest absolute Gasteiger partial charge is 0.306 e. The number of aromatic amines is 1.